The highest BCUT2D eigenvalue weighted by Gasteiger charge is 2.29. The van der Waals surface area contributed by atoms with Crippen molar-refractivity contribution in [3.05, 3.63) is 84.7 Å². The van der Waals surface area contributed by atoms with Crippen LogP contribution in [0.2, 0.25) is 0 Å². The topological polar surface area (TPSA) is 154 Å². The van der Waals surface area contributed by atoms with Gasteiger partial charge >= 0.3 is 6.09 Å². The highest BCUT2D eigenvalue weighted by Crippen LogP contribution is 2.28. The second kappa shape index (κ2) is 23.5. The Morgan fingerprint density at radius 3 is 2.11 bits per heavy atom. The van der Waals surface area contributed by atoms with Gasteiger partial charge in [-0.3, -0.25) is 9.59 Å². The number of carbonyl (C=O) groups is 3. The molecule has 0 spiro atoms. The van der Waals surface area contributed by atoms with Crippen LogP contribution in [0, 0.1) is 5.92 Å². The molecule has 55 heavy (non-hydrogen) atoms. The minimum absolute atomic E-state index is 0.0204. The molecule has 3 amide bonds. The van der Waals surface area contributed by atoms with Crippen LogP contribution in [0.25, 0.3) is 33.6 Å². The van der Waals surface area contributed by atoms with Gasteiger partial charge in [0.25, 0.3) is 0 Å². The number of hydrogen-bond donors (Lipinski definition) is 4. The molecule has 2 aromatic heterocycles. The maximum absolute atomic E-state index is 13.4. The van der Waals surface area contributed by atoms with E-state index < -0.39 is 12.1 Å². The number of ether oxygens (including phenoxy) is 2. The number of amides is 3. The average Bonchev–Trinajstić information content (AvgIpc) is 3.90. The van der Waals surface area contributed by atoms with Crippen molar-refractivity contribution in [3.8, 4) is 33.6 Å². The Bertz CT molecular complexity index is 1760. The number of H-pyrrole nitrogens is 2. The van der Waals surface area contributed by atoms with E-state index in [9.17, 15) is 14.4 Å². The van der Waals surface area contributed by atoms with Gasteiger partial charge in [0.2, 0.25) is 11.8 Å². The van der Waals surface area contributed by atoms with Gasteiger partial charge < -0.3 is 35.0 Å². The van der Waals surface area contributed by atoms with E-state index in [1.54, 1.807) is 11.1 Å². The van der Waals surface area contributed by atoms with Crippen molar-refractivity contribution in [2.45, 2.75) is 99.2 Å². The summed E-state index contributed by atoms with van der Waals surface area (Å²) < 4.78 is 10.5. The van der Waals surface area contributed by atoms with E-state index in [2.05, 4.69) is 73.0 Å². The molecule has 0 radical (unpaired) electrons. The van der Waals surface area contributed by atoms with Crippen molar-refractivity contribution in [1.29, 1.82) is 0 Å². The van der Waals surface area contributed by atoms with Crippen LogP contribution in [0.1, 0.15) is 98.3 Å². The second-order valence-electron chi connectivity index (χ2n) is 13.0. The zero-order chi connectivity index (χ0) is 40.2. The lowest BCUT2D eigenvalue weighted by molar-refractivity contribution is -0.135. The molecule has 0 aliphatic carbocycles. The maximum Gasteiger partial charge on any atom is 0.407 e. The molecule has 2 unspecified atom stereocenters. The number of alkyl carbamates (subject to hydrolysis) is 1. The van der Waals surface area contributed by atoms with Gasteiger partial charge in [-0.15, -0.1) is 0 Å². The van der Waals surface area contributed by atoms with E-state index in [0.717, 1.165) is 58.7 Å². The first-order chi connectivity index (χ1) is 26.7. The van der Waals surface area contributed by atoms with E-state index >= 15 is 0 Å². The van der Waals surface area contributed by atoms with E-state index in [-0.39, 0.29) is 23.8 Å². The SMILES string of the molecule is CC.CC.CCCN(Cc1ncc(-c2ccc(-c3ccc(-c4cnc(C5CCOC/C=C\CCCC(=O)N5)[nH]4)cc3)cc2)[nH]1)C(=O)C(NC(=O)OC)C(C)C. The maximum atomic E-state index is 13.4. The quantitative estimate of drug-likeness (QED) is 0.112. The standard InChI is InChI=1S/C39H49N7O5.2C2H6/c1-5-20-46(38(48)36(26(2)3)45-39(49)50-4)25-34-40-23-32(42-34)29-15-11-27(12-16-29)28-13-17-30(18-14-28)33-24-41-37(44-33)31-19-22-51-21-9-7-6-8-10-35(47)43-31;2*1-2/h7,9,11-18,23-24,26,31,36H,5-6,8,10,19-22,25H2,1-4H3,(H,40,42)(H,41,44)(H,43,47)(H,45,49);2*1-2H3/b9-7-;;. The van der Waals surface area contributed by atoms with Crippen molar-refractivity contribution in [3.63, 3.8) is 0 Å². The van der Waals surface area contributed by atoms with Gasteiger partial charge in [-0.05, 0) is 53.9 Å². The number of rotatable bonds is 11. The molecule has 0 fully saturated rings. The van der Waals surface area contributed by atoms with Gasteiger partial charge in [0.05, 0.1) is 50.1 Å². The molecule has 0 bridgehead atoms. The third-order valence-corrected chi connectivity index (χ3v) is 8.86. The Labute approximate surface area is 326 Å². The summed E-state index contributed by atoms with van der Waals surface area (Å²) in [5.41, 5.74) is 5.84. The van der Waals surface area contributed by atoms with Gasteiger partial charge in [-0.1, -0.05) is 109 Å². The summed E-state index contributed by atoms with van der Waals surface area (Å²) >= 11 is 0. The van der Waals surface area contributed by atoms with Crippen LogP contribution in [-0.4, -0.2) is 75.7 Å². The van der Waals surface area contributed by atoms with Gasteiger partial charge in [-0.25, -0.2) is 14.8 Å². The summed E-state index contributed by atoms with van der Waals surface area (Å²) in [4.78, 5) is 55.5. The molecular weight excluding hydrogens is 695 g/mol. The predicted molar refractivity (Wildman–Crippen MR) is 219 cm³/mol. The molecule has 4 N–H and O–H groups in total. The third-order valence-electron chi connectivity index (χ3n) is 8.86. The lowest BCUT2D eigenvalue weighted by Crippen LogP contribution is -2.51. The lowest BCUT2D eigenvalue weighted by Gasteiger charge is -2.28. The van der Waals surface area contributed by atoms with E-state index in [0.29, 0.717) is 45.0 Å². The smallest absolute Gasteiger partial charge is 0.407 e. The summed E-state index contributed by atoms with van der Waals surface area (Å²) in [5, 5.41) is 5.79. The molecule has 2 aromatic carbocycles. The fourth-order valence-electron chi connectivity index (χ4n) is 6.01. The number of benzene rings is 2. The highest BCUT2D eigenvalue weighted by atomic mass is 16.5. The van der Waals surface area contributed by atoms with Crippen molar-refractivity contribution in [2.24, 2.45) is 5.92 Å². The Balaban J connectivity index is 0.00000196. The largest absolute Gasteiger partial charge is 0.453 e. The summed E-state index contributed by atoms with van der Waals surface area (Å²) in [6.45, 7) is 15.7. The molecule has 2 atom stereocenters. The van der Waals surface area contributed by atoms with Gasteiger partial charge in [0.1, 0.15) is 17.7 Å². The first-order valence-corrected chi connectivity index (χ1v) is 19.7. The first kappa shape index (κ1) is 44.2. The summed E-state index contributed by atoms with van der Waals surface area (Å²) in [7, 11) is 1.28. The van der Waals surface area contributed by atoms with Gasteiger partial charge in [0.15, 0.2) is 0 Å². The average molecular weight is 756 g/mol. The van der Waals surface area contributed by atoms with Crippen LogP contribution in [-0.2, 0) is 25.6 Å². The third kappa shape index (κ3) is 13.2. The van der Waals surface area contributed by atoms with Gasteiger partial charge in [-0.2, -0.15) is 0 Å². The molecule has 5 rings (SSSR count). The minimum atomic E-state index is -0.699. The lowest BCUT2D eigenvalue weighted by atomic mass is 10.0. The van der Waals surface area contributed by atoms with E-state index in [1.807, 2.05) is 72.9 Å². The van der Waals surface area contributed by atoms with Crippen molar-refractivity contribution in [1.82, 2.24) is 35.5 Å². The molecule has 0 saturated heterocycles. The minimum Gasteiger partial charge on any atom is -0.453 e. The fourth-order valence-corrected chi connectivity index (χ4v) is 6.01. The number of aromatic amines is 2. The summed E-state index contributed by atoms with van der Waals surface area (Å²) in [5.74, 6) is 1.11. The number of nitrogens with one attached hydrogen (secondary N) is 4. The number of allylic oxidation sites excluding steroid dienone is 1. The van der Waals surface area contributed by atoms with Crippen molar-refractivity contribution >= 4 is 17.9 Å². The Hall–Kier alpha value is -5.23. The first-order valence-electron chi connectivity index (χ1n) is 19.7. The van der Waals surface area contributed by atoms with Gasteiger partial charge in [0, 0.05) is 19.6 Å². The van der Waals surface area contributed by atoms with Crippen LogP contribution in [0.15, 0.2) is 73.1 Å². The molecule has 3 heterocycles. The second-order valence-corrected chi connectivity index (χ2v) is 13.0. The zero-order valence-corrected chi connectivity index (χ0v) is 33.9. The summed E-state index contributed by atoms with van der Waals surface area (Å²) in [6.07, 6.45) is 10.6. The molecule has 1 aliphatic heterocycles. The zero-order valence-electron chi connectivity index (χ0n) is 33.9. The van der Waals surface area contributed by atoms with Crippen LogP contribution in [0.5, 0.6) is 0 Å². The fraction of sp³-hybridized carbons (Fsp3) is 0.465. The van der Waals surface area contributed by atoms with Crippen molar-refractivity contribution in [2.75, 3.05) is 26.9 Å². The normalized spacial score (nSPS) is 15.7. The number of methoxy groups -OCH3 is 1. The van der Waals surface area contributed by atoms with Crippen LogP contribution in [0.4, 0.5) is 4.79 Å². The molecule has 1 aliphatic rings. The molecular formula is C43H61N7O5. The molecule has 4 aromatic rings. The molecule has 0 saturated carbocycles. The molecule has 298 valence electrons. The van der Waals surface area contributed by atoms with Crippen molar-refractivity contribution < 1.29 is 23.9 Å². The number of nitrogens with zero attached hydrogens (tertiary/aromatic N) is 3. The highest BCUT2D eigenvalue weighted by molar-refractivity contribution is 5.86. The number of aromatic nitrogens is 4. The number of imidazole rings is 2. The molecule has 12 heteroatoms. The van der Waals surface area contributed by atoms with E-state index in [1.165, 1.54) is 7.11 Å². The van der Waals surface area contributed by atoms with Crippen LogP contribution < -0.4 is 10.6 Å². The Kier molecular flexibility index (Phi) is 18.9. The number of carbonyl (C=O) groups excluding carboxylic acids is 3. The van der Waals surface area contributed by atoms with Crippen LogP contribution in [0.3, 0.4) is 0 Å². The molecule has 12 nitrogen and oxygen atoms in total. The number of hydrogen-bond acceptors (Lipinski definition) is 7. The van der Waals surface area contributed by atoms with E-state index in [4.69, 9.17) is 9.47 Å². The Morgan fingerprint density at radius 2 is 1.51 bits per heavy atom. The van der Waals surface area contributed by atoms with Crippen LogP contribution >= 0.6 is 0 Å². The Morgan fingerprint density at radius 1 is 0.909 bits per heavy atom. The monoisotopic (exact) mass is 755 g/mol. The summed E-state index contributed by atoms with van der Waals surface area (Å²) in [6, 6.07) is 15.6. The predicted octanol–water partition coefficient (Wildman–Crippen LogP) is 8.61.